The quantitative estimate of drug-likeness (QED) is 0.745. The van der Waals surface area contributed by atoms with Gasteiger partial charge in [-0.2, -0.15) is 0 Å². The Morgan fingerprint density at radius 3 is 2.39 bits per heavy atom. The highest BCUT2D eigenvalue weighted by Crippen LogP contribution is 2.30. The van der Waals surface area contributed by atoms with E-state index in [2.05, 4.69) is 10.6 Å². The topological polar surface area (TPSA) is 97.0 Å². The molecular formula is C20H21N3O5. The van der Waals surface area contributed by atoms with Crippen LogP contribution in [0, 0.1) is 0 Å². The Kier molecular flexibility index (Phi) is 5.21. The second-order valence-corrected chi connectivity index (χ2v) is 6.43. The molecule has 1 aliphatic rings. The summed E-state index contributed by atoms with van der Waals surface area (Å²) in [6.45, 7) is 1.22. The summed E-state index contributed by atoms with van der Waals surface area (Å²) in [6.07, 6.45) is 0. The van der Waals surface area contributed by atoms with Gasteiger partial charge in [0, 0.05) is 11.8 Å². The number of anilines is 1. The second kappa shape index (κ2) is 7.59. The van der Waals surface area contributed by atoms with E-state index in [1.165, 1.54) is 14.2 Å². The molecule has 1 saturated heterocycles. The molecule has 1 aliphatic heterocycles. The van der Waals surface area contributed by atoms with E-state index in [9.17, 15) is 14.4 Å². The molecule has 2 aromatic carbocycles. The number of methoxy groups -OCH3 is 2. The number of hydrogen-bond donors (Lipinski definition) is 2. The van der Waals surface area contributed by atoms with E-state index in [4.69, 9.17) is 9.47 Å². The lowest BCUT2D eigenvalue weighted by atomic mass is 9.92. The summed E-state index contributed by atoms with van der Waals surface area (Å²) >= 11 is 0. The van der Waals surface area contributed by atoms with Crippen LogP contribution in [0.1, 0.15) is 12.5 Å². The van der Waals surface area contributed by atoms with Gasteiger partial charge in [-0.1, -0.05) is 30.3 Å². The fourth-order valence-corrected chi connectivity index (χ4v) is 3.07. The lowest BCUT2D eigenvalue weighted by molar-refractivity contribution is -0.133. The predicted octanol–water partition coefficient (Wildman–Crippen LogP) is 2.11. The number of carbonyl (C=O) groups excluding carboxylic acids is 3. The lowest BCUT2D eigenvalue weighted by Gasteiger charge is -2.22. The maximum Gasteiger partial charge on any atom is 0.325 e. The van der Waals surface area contributed by atoms with Crippen molar-refractivity contribution in [1.29, 1.82) is 0 Å². The van der Waals surface area contributed by atoms with Crippen LogP contribution in [-0.4, -0.2) is 43.5 Å². The Bertz CT molecular complexity index is 915. The molecular weight excluding hydrogens is 362 g/mol. The Morgan fingerprint density at radius 1 is 1.07 bits per heavy atom. The van der Waals surface area contributed by atoms with Crippen LogP contribution in [0.5, 0.6) is 11.5 Å². The van der Waals surface area contributed by atoms with Crippen molar-refractivity contribution < 1.29 is 23.9 Å². The van der Waals surface area contributed by atoms with E-state index in [1.807, 2.05) is 6.07 Å². The van der Waals surface area contributed by atoms with Crippen LogP contribution >= 0.6 is 0 Å². The molecule has 0 spiro atoms. The van der Waals surface area contributed by atoms with Gasteiger partial charge in [0.1, 0.15) is 12.1 Å². The molecule has 8 heteroatoms. The minimum absolute atomic E-state index is 0.401. The van der Waals surface area contributed by atoms with Crippen molar-refractivity contribution in [2.24, 2.45) is 0 Å². The summed E-state index contributed by atoms with van der Waals surface area (Å²) in [7, 11) is 3.00. The van der Waals surface area contributed by atoms with Gasteiger partial charge < -0.3 is 20.1 Å². The fourth-order valence-electron chi connectivity index (χ4n) is 3.07. The Hall–Kier alpha value is -3.55. The van der Waals surface area contributed by atoms with Gasteiger partial charge in [-0.25, -0.2) is 4.79 Å². The molecule has 8 nitrogen and oxygen atoms in total. The Morgan fingerprint density at radius 2 is 1.75 bits per heavy atom. The van der Waals surface area contributed by atoms with Crippen LogP contribution in [0.4, 0.5) is 10.5 Å². The SMILES string of the molecule is COc1ccc(NC(=O)CN2C(=O)NC(C)(c3ccccc3)C2=O)cc1OC. The number of nitrogens with zero attached hydrogens (tertiary/aromatic N) is 1. The van der Waals surface area contributed by atoms with Crippen molar-refractivity contribution >= 4 is 23.5 Å². The zero-order valence-electron chi connectivity index (χ0n) is 15.8. The molecule has 0 aliphatic carbocycles. The number of carbonyl (C=O) groups is 3. The van der Waals surface area contributed by atoms with E-state index in [1.54, 1.807) is 49.4 Å². The van der Waals surface area contributed by atoms with Crippen LogP contribution in [0.25, 0.3) is 0 Å². The highest BCUT2D eigenvalue weighted by atomic mass is 16.5. The molecule has 0 bridgehead atoms. The van der Waals surface area contributed by atoms with E-state index < -0.39 is 29.9 Å². The average molecular weight is 383 g/mol. The molecule has 0 aromatic heterocycles. The minimum atomic E-state index is -1.21. The van der Waals surface area contributed by atoms with Gasteiger partial charge in [-0.15, -0.1) is 0 Å². The molecule has 2 aromatic rings. The molecule has 2 N–H and O–H groups in total. The molecule has 3 rings (SSSR count). The molecule has 1 atom stereocenters. The van der Waals surface area contributed by atoms with Gasteiger partial charge in [0.05, 0.1) is 14.2 Å². The van der Waals surface area contributed by atoms with Gasteiger partial charge >= 0.3 is 6.03 Å². The molecule has 1 fully saturated rings. The number of nitrogens with one attached hydrogen (secondary N) is 2. The van der Waals surface area contributed by atoms with E-state index >= 15 is 0 Å². The minimum Gasteiger partial charge on any atom is -0.493 e. The summed E-state index contributed by atoms with van der Waals surface area (Å²) in [5.74, 6) is -0.0145. The molecule has 146 valence electrons. The third kappa shape index (κ3) is 3.48. The first kappa shape index (κ1) is 19.2. The number of benzene rings is 2. The summed E-state index contributed by atoms with van der Waals surface area (Å²) in [5.41, 5.74) is -0.0984. The number of amides is 4. The molecule has 28 heavy (non-hydrogen) atoms. The summed E-state index contributed by atoms with van der Waals surface area (Å²) in [6, 6.07) is 13.2. The van der Waals surface area contributed by atoms with E-state index in [-0.39, 0.29) is 0 Å². The van der Waals surface area contributed by atoms with E-state index in [0.29, 0.717) is 22.7 Å². The monoisotopic (exact) mass is 383 g/mol. The van der Waals surface area contributed by atoms with Crippen LogP contribution in [0.15, 0.2) is 48.5 Å². The first-order valence-electron chi connectivity index (χ1n) is 8.60. The maximum atomic E-state index is 12.8. The zero-order valence-corrected chi connectivity index (χ0v) is 15.8. The second-order valence-electron chi connectivity index (χ2n) is 6.43. The van der Waals surface area contributed by atoms with Crippen LogP contribution in [-0.2, 0) is 15.1 Å². The van der Waals surface area contributed by atoms with Crippen molar-refractivity contribution in [3.05, 3.63) is 54.1 Å². The molecule has 4 amide bonds. The zero-order chi connectivity index (χ0) is 20.3. The summed E-state index contributed by atoms with van der Waals surface area (Å²) in [4.78, 5) is 38.5. The van der Waals surface area contributed by atoms with Crippen molar-refractivity contribution in [2.75, 3.05) is 26.1 Å². The number of hydrogen-bond acceptors (Lipinski definition) is 5. The van der Waals surface area contributed by atoms with Crippen molar-refractivity contribution in [3.8, 4) is 11.5 Å². The summed E-state index contributed by atoms with van der Waals surface area (Å²) < 4.78 is 10.4. The van der Waals surface area contributed by atoms with Crippen molar-refractivity contribution in [3.63, 3.8) is 0 Å². The smallest absolute Gasteiger partial charge is 0.325 e. The largest absolute Gasteiger partial charge is 0.493 e. The lowest BCUT2D eigenvalue weighted by Crippen LogP contribution is -2.42. The maximum absolute atomic E-state index is 12.8. The van der Waals surface area contributed by atoms with Crippen LogP contribution in [0.3, 0.4) is 0 Å². The normalized spacial score (nSPS) is 18.6. The Labute approximate surface area is 162 Å². The molecule has 0 radical (unpaired) electrons. The molecule has 1 heterocycles. The van der Waals surface area contributed by atoms with Crippen LogP contribution in [0.2, 0.25) is 0 Å². The third-order valence-electron chi connectivity index (χ3n) is 4.60. The van der Waals surface area contributed by atoms with Crippen molar-refractivity contribution in [1.82, 2.24) is 10.2 Å². The standard InChI is InChI=1S/C20H21N3O5/c1-20(13-7-5-4-6-8-13)18(25)23(19(26)22-20)12-17(24)21-14-9-10-15(27-2)16(11-14)28-3/h4-11H,12H2,1-3H3,(H,21,24)(H,22,26). The van der Waals surface area contributed by atoms with Gasteiger partial charge in [0.25, 0.3) is 5.91 Å². The van der Waals surface area contributed by atoms with Crippen molar-refractivity contribution in [2.45, 2.75) is 12.5 Å². The average Bonchev–Trinajstić information content (AvgIpc) is 2.92. The van der Waals surface area contributed by atoms with Crippen LogP contribution < -0.4 is 20.1 Å². The number of imide groups is 1. The van der Waals surface area contributed by atoms with E-state index in [0.717, 1.165) is 4.90 Å². The third-order valence-corrected chi connectivity index (χ3v) is 4.60. The fraction of sp³-hybridized carbons (Fsp3) is 0.250. The first-order chi connectivity index (χ1) is 13.4. The summed E-state index contributed by atoms with van der Waals surface area (Å²) in [5, 5.41) is 5.32. The van der Waals surface area contributed by atoms with Gasteiger partial charge in [0.15, 0.2) is 11.5 Å². The van der Waals surface area contributed by atoms with Gasteiger partial charge in [0.2, 0.25) is 5.91 Å². The number of urea groups is 1. The number of rotatable bonds is 6. The first-order valence-corrected chi connectivity index (χ1v) is 8.60. The van der Waals surface area contributed by atoms with Gasteiger partial charge in [-0.05, 0) is 24.6 Å². The number of ether oxygens (including phenoxy) is 2. The van der Waals surface area contributed by atoms with Gasteiger partial charge in [-0.3, -0.25) is 14.5 Å². The highest BCUT2D eigenvalue weighted by molar-refractivity contribution is 6.10. The highest BCUT2D eigenvalue weighted by Gasteiger charge is 2.49. The predicted molar refractivity (Wildman–Crippen MR) is 102 cm³/mol. The molecule has 0 saturated carbocycles. The Balaban J connectivity index is 1.72. The molecule has 1 unspecified atom stereocenters.